The molecule has 0 aliphatic heterocycles. The standard InChI is InChI=1S/C14H19N3O4/c1-3-6-17(7-8-21-2)14(20)16-10-11-4-5-12(13(18)19)15-9-11/h3-5,9H,1,6-8,10H2,2H3,(H,16,20)(H,18,19). The molecule has 21 heavy (non-hydrogen) atoms. The predicted molar refractivity (Wildman–Crippen MR) is 77.1 cm³/mol. The van der Waals surface area contributed by atoms with Gasteiger partial charge in [0.1, 0.15) is 5.69 Å². The number of hydrogen-bond acceptors (Lipinski definition) is 4. The second kappa shape index (κ2) is 8.70. The Kier molecular flexibility index (Phi) is 6.90. The van der Waals surface area contributed by atoms with E-state index in [1.807, 2.05) is 0 Å². The van der Waals surface area contributed by atoms with Gasteiger partial charge in [-0.15, -0.1) is 6.58 Å². The van der Waals surface area contributed by atoms with E-state index < -0.39 is 5.97 Å². The molecule has 1 aromatic rings. The van der Waals surface area contributed by atoms with Crippen molar-refractivity contribution in [1.29, 1.82) is 0 Å². The van der Waals surface area contributed by atoms with E-state index in [9.17, 15) is 9.59 Å². The van der Waals surface area contributed by atoms with E-state index in [1.54, 1.807) is 24.2 Å². The Hall–Kier alpha value is -2.41. The van der Waals surface area contributed by atoms with Crippen molar-refractivity contribution in [3.8, 4) is 0 Å². The number of aromatic carboxylic acids is 1. The van der Waals surface area contributed by atoms with Crippen LogP contribution >= 0.6 is 0 Å². The molecule has 0 aliphatic rings. The fraction of sp³-hybridized carbons (Fsp3) is 0.357. The lowest BCUT2D eigenvalue weighted by atomic mass is 10.2. The van der Waals surface area contributed by atoms with Crippen LogP contribution in [0.25, 0.3) is 0 Å². The van der Waals surface area contributed by atoms with Crippen LogP contribution in [0.3, 0.4) is 0 Å². The Morgan fingerprint density at radius 2 is 2.29 bits per heavy atom. The minimum Gasteiger partial charge on any atom is -0.477 e. The summed E-state index contributed by atoms with van der Waals surface area (Å²) in [5, 5.41) is 11.5. The smallest absolute Gasteiger partial charge is 0.354 e. The van der Waals surface area contributed by atoms with Gasteiger partial charge in [0.25, 0.3) is 0 Å². The summed E-state index contributed by atoms with van der Waals surface area (Å²) in [7, 11) is 1.57. The highest BCUT2D eigenvalue weighted by Gasteiger charge is 2.11. The minimum absolute atomic E-state index is 0.0292. The molecule has 0 spiro atoms. The van der Waals surface area contributed by atoms with Gasteiger partial charge in [0.05, 0.1) is 6.61 Å². The third kappa shape index (κ3) is 5.62. The van der Waals surface area contributed by atoms with Crippen LogP contribution in [0.4, 0.5) is 4.79 Å². The third-order valence-electron chi connectivity index (χ3n) is 2.69. The first-order chi connectivity index (χ1) is 10.1. The summed E-state index contributed by atoms with van der Waals surface area (Å²) in [6, 6.07) is 2.77. The van der Waals surface area contributed by atoms with E-state index in [-0.39, 0.29) is 18.3 Å². The number of pyridine rings is 1. The van der Waals surface area contributed by atoms with Crippen molar-refractivity contribution in [3.05, 3.63) is 42.2 Å². The normalized spacial score (nSPS) is 9.95. The van der Waals surface area contributed by atoms with Crippen molar-refractivity contribution in [1.82, 2.24) is 15.2 Å². The Labute approximate surface area is 123 Å². The summed E-state index contributed by atoms with van der Waals surface area (Å²) < 4.78 is 4.95. The topological polar surface area (TPSA) is 91.8 Å². The molecular formula is C14H19N3O4. The molecule has 0 saturated heterocycles. The lowest BCUT2D eigenvalue weighted by Gasteiger charge is -2.21. The summed E-state index contributed by atoms with van der Waals surface area (Å²) in [6.07, 6.45) is 3.06. The zero-order chi connectivity index (χ0) is 15.7. The maximum atomic E-state index is 12.0. The molecule has 7 heteroatoms. The first kappa shape index (κ1) is 16.6. The summed E-state index contributed by atoms with van der Waals surface area (Å²) >= 11 is 0. The van der Waals surface area contributed by atoms with E-state index in [4.69, 9.17) is 9.84 Å². The molecule has 0 saturated carbocycles. The van der Waals surface area contributed by atoms with Crippen molar-refractivity contribution < 1.29 is 19.4 Å². The summed E-state index contributed by atoms with van der Waals surface area (Å²) in [6.45, 7) is 5.20. The number of hydrogen-bond donors (Lipinski definition) is 2. The maximum Gasteiger partial charge on any atom is 0.354 e. The van der Waals surface area contributed by atoms with E-state index in [2.05, 4.69) is 16.9 Å². The van der Waals surface area contributed by atoms with Gasteiger partial charge in [-0.05, 0) is 11.6 Å². The number of rotatable bonds is 8. The van der Waals surface area contributed by atoms with E-state index in [1.165, 1.54) is 12.3 Å². The van der Waals surface area contributed by atoms with Crippen LogP contribution in [0.1, 0.15) is 16.1 Å². The van der Waals surface area contributed by atoms with Gasteiger partial charge in [0.2, 0.25) is 0 Å². The second-order valence-electron chi connectivity index (χ2n) is 4.24. The van der Waals surface area contributed by atoms with E-state index >= 15 is 0 Å². The first-order valence-corrected chi connectivity index (χ1v) is 6.39. The fourth-order valence-electron chi connectivity index (χ4n) is 1.58. The summed E-state index contributed by atoms with van der Waals surface area (Å²) in [4.78, 5) is 28.0. The number of carbonyl (C=O) groups excluding carboxylic acids is 1. The zero-order valence-corrected chi connectivity index (χ0v) is 11.9. The highest BCUT2D eigenvalue weighted by Crippen LogP contribution is 2.01. The summed E-state index contributed by atoms with van der Waals surface area (Å²) in [5.41, 5.74) is 0.692. The number of carbonyl (C=O) groups is 2. The lowest BCUT2D eigenvalue weighted by molar-refractivity contribution is 0.0690. The molecule has 1 aromatic heterocycles. The molecule has 0 aromatic carbocycles. The highest BCUT2D eigenvalue weighted by molar-refractivity contribution is 5.85. The molecule has 2 N–H and O–H groups in total. The van der Waals surface area contributed by atoms with Crippen LogP contribution in [0, 0.1) is 0 Å². The van der Waals surface area contributed by atoms with Crippen molar-refractivity contribution in [2.45, 2.75) is 6.54 Å². The molecule has 0 unspecified atom stereocenters. The molecule has 0 radical (unpaired) electrons. The molecule has 1 rings (SSSR count). The first-order valence-electron chi connectivity index (χ1n) is 6.39. The van der Waals surface area contributed by atoms with Crippen molar-refractivity contribution in [2.24, 2.45) is 0 Å². The van der Waals surface area contributed by atoms with Crippen LogP contribution < -0.4 is 5.32 Å². The van der Waals surface area contributed by atoms with Crippen LogP contribution in [0.2, 0.25) is 0 Å². The molecule has 7 nitrogen and oxygen atoms in total. The zero-order valence-electron chi connectivity index (χ0n) is 11.9. The largest absolute Gasteiger partial charge is 0.477 e. The predicted octanol–water partition coefficient (Wildman–Crippen LogP) is 1.12. The van der Waals surface area contributed by atoms with Gasteiger partial charge in [0.15, 0.2) is 0 Å². The van der Waals surface area contributed by atoms with Gasteiger partial charge in [-0.3, -0.25) is 0 Å². The molecule has 0 atom stereocenters. The average molecular weight is 293 g/mol. The van der Waals surface area contributed by atoms with E-state index in [0.29, 0.717) is 19.7 Å². The summed E-state index contributed by atoms with van der Waals surface area (Å²) in [5.74, 6) is -1.08. The number of carboxylic acid groups (broad SMARTS) is 1. The molecule has 2 amide bonds. The van der Waals surface area contributed by atoms with E-state index in [0.717, 1.165) is 5.56 Å². The number of nitrogens with zero attached hydrogens (tertiary/aromatic N) is 2. The van der Waals surface area contributed by atoms with Crippen LogP contribution in [0.5, 0.6) is 0 Å². The molecule has 1 heterocycles. The van der Waals surface area contributed by atoms with Crippen LogP contribution in [-0.4, -0.2) is 53.8 Å². The number of ether oxygens (including phenoxy) is 1. The van der Waals surface area contributed by atoms with Gasteiger partial charge in [-0.2, -0.15) is 0 Å². The van der Waals surface area contributed by atoms with Gasteiger partial charge in [-0.25, -0.2) is 14.6 Å². The second-order valence-corrected chi connectivity index (χ2v) is 4.24. The van der Waals surface area contributed by atoms with Gasteiger partial charge in [-0.1, -0.05) is 12.1 Å². The molecular weight excluding hydrogens is 274 g/mol. The fourth-order valence-corrected chi connectivity index (χ4v) is 1.58. The Morgan fingerprint density at radius 1 is 1.52 bits per heavy atom. The monoisotopic (exact) mass is 293 g/mol. The van der Waals surface area contributed by atoms with Crippen molar-refractivity contribution >= 4 is 12.0 Å². The average Bonchev–Trinajstić information content (AvgIpc) is 2.49. The quantitative estimate of drug-likeness (QED) is 0.701. The maximum absolute atomic E-state index is 12.0. The Morgan fingerprint density at radius 3 is 2.81 bits per heavy atom. The molecule has 0 fully saturated rings. The minimum atomic E-state index is -1.08. The lowest BCUT2D eigenvalue weighted by Crippen LogP contribution is -2.41. The van der Waals surface area contributed by atoms with Crippen LogP contribution in [0.15, 0.2) is 31.0 Å². The van der Waals surface area contributed by atoms with Crippen molar-refractivity contribution in [3.63, 3.8) is 0 Å². The molecule has 0 aliphatic carbocycles. The van der Waals surface area contributed by atoms with Crippen molar-refractivity contribution in [2.75, 3.05) is 26.8 Å². The Balaban J connectivity index is 2.53. The number of carboxylic acids is 1. The molecule has 114 valence electrons. The number of nitrogens with one attached hydrogen (secondary N) is 1. The molecule has 0 bridgehead atoms. The van der Waals surface area contributed by atoms with Gasteiger partial charge >= 0.3 is 12.0 Å². The van der Waals surface area contributed by atoms with Crippen LogP contribution in [-0.2, 0) is 11.3 Å². The van der Waals surface area contributed by atoms with Gasteiger partial charge < -0.3 is 20.1 Å². The number of methoxy groups -OCH3 is 1. The number of aromatic nitrogens is 1. The SMILES string of the molecule is C=CCN(CCOC)C(=O)NCc1ccc(C(=O)O)nc1. The highest BCUT2D eigenvalue weighted by atomic mass is 16.5. The number of urea groups is 1. The third-order valence-corrected chi connectivity index (χ3v) is 2.69. The number of amides is 2. The van der Waals surface area contributed by atoms with Gasteiger partial charge in [0, 0.05) is 32.9 Å². The Bertz CT molecular complexity index is 487.